The fraction of sp³-hybridized carbons (Fsp3) is 0.457. The minimum absolute atomic E-state index is 0.0143. The van der Waals surface area contributed by atoms with Crippen molar-refractivity contribution in [1.29, 1.82) is 0 Å². The first kappa shape index (κ1) is 38.0. The summed E-state index contributed by atoms with van der Waals surface area (Å²) in [4.78, 5) is 65.3. The molecule has 0 aromatic heterocycles. The van der Waals surface area contributed by atoms with Crippen LogP contribution in [0.2, 0.25) is 0 Å². The third-order valence-electron chi connectivity index (χ3n) is 7.75. The molecule has 258 valence electrons. The van der Waals surface area contributed by atoms with Crippen LogP contribution in [0.3, 0.4) is 0 Å². The number of nitrogens with one attached hydrogen (secondary N) is 4. The lowest BCUT2D eigenvalue weighted by molar-refractivity contribution is -0.143. The summed E-state index contributed by atoms with van der Waals surface area (Å²) in [6, 6.07) is 11.6. The van der Waals surface area contributed by atoms with Crippen molar-refractivity contribution in [3.63, 3.8) is 0 Å². The molecule has 4 N–H and O–H groups in total. The molecule has 48 heavy (non-hydrogen) atoms. The van der Waals surface area contributed by atoms with E-state index in [2.05, 4.69) is 39.8 Å². The molecule has 0 spiro atoms. The number of hydrogen-bond acceptors (Lipinski definition) is 8. The van der Waals surface area contributed by atoms with E-state index in [-0.39, 0.29) is 57.8 Å². The SMILES string of the molecule is C#CCOCCC(=O)N[C@H](Cc1ccc(F)cc1)C(=O)N[C@@H](Cc1ccccc1)C(=O)N[C@@H](C[C@@H]1CCNC1=O)[C@@H](S)CC(=O)OCC. The number of thiol groups is 1. The number of benzene rings is 2. The molecule has 13 heteroatoms. The fourth-order valence-electron chi connectivity index (χ4n) is 5.26. The van der Waals surface area contributed by atoms with Crippen LogP contribution in [0.1, 0.15) is 43.7 Å². The first-order valence-corrected chi connectivity index (χ1v) is 16.4. The Bertz CT molecular complexity index is 1420. The third-order valence-corrected chi connectivity index (χ3v) is 8.30. The second-order valence-corrected chi connectivity index (χ2v) is 12.1. The van der Waals surface area contributed by atoms with Gasteiger partial charge in [-0.3, -0.25) is 24.0 Å². The van der Waals surface area contributed by atoms with Gasteiger partial charge in [0.15, 0.2) is 0 Å². The zero-order chi connectivity index (χ0) is 34.9. The minimum Gasteiger partial charge on any atom is -0.466 e. The standard InChI is InChI=1S/C35H43FN4O7S/c1-3-17-46-18-15-31(41)38-28(20-24-10-12-26(36)13-11-24)34(44)40-29(19-23-8-6-5-7-9-23)35(45)39-27(21-25-14-16-37-33(25)43)30(48)22-32(42)47-4-2/h1,5-13,25,27-30,48H,4,14-22H2,2H3,(H,37,43)(H,38,41)(H,39,45)(H,40,44)/t25-,27-,28+,29-,30-/m0/s1. The average molecular weight is 683 g/mol. The summed E-state index contributed by atoms with van der Waals surface area (Å²) >= 11 is 4.62. The molecule has 2 aromatic carbocycles. The number of amides is 4. The molecule has 1 saturated heterocycles. The highest BCUT2D eigenvalue weighted by atomic mass is 32.1. The number of esters is 1. The van der Waals surface area contributed by atoms with Gasteiger partial charge in [-0.05, 0) is 43.0 Å². The Hall–Kier alpha value is -4.41. The topological polar surface area (TPSA) is 152 Å². The smallest absolute Gasteiger partial charge is 0.306 e. The van der Waals surface area contributed by atoms with Gasteiger partial charge in [-0.25, -0.2) is 4.39 Å². The van der Waals surface area contributed by atoms with Gasteiger partial charge in [0.05, 0.1) is 26.1 Å². The van der Waals surface area contributed by atoms with Gasteiger partial charge in [-0.1, -0.05) is 48.4 Å². The van der Waals surface area contributed by atoms with Crippen LogP contribution >= 0.6 is 12.6 Å². The molecule has 2 aromatic rings. The van der Waals surface area contributed by atoms with Crippen molar-refractivity contribution >= 4 is 42.2 Å². The highest BCUT2D eigenvalue weighted by Gasteiger charge is 2.34. The normalized spacial score (nSPS) is 16.4. The molecule has 0 saturated carbocycles. The number of terminal acetylenes is 1. The lowest BCUT2D eigenvalue weighted by atomic mass is 9.94. The molecule has 0 unspecified atom stereocenters. The lowest BCUT2D eigenvalue weighted by Gasteiger charge is -2.29. The van der Waals surface area contributed by atoms with Gasteiger partial charge in [0.2, 0.25) is 23.6 Å². The molecule has 5 atom stereocenters. The minimum atomic E-state index is -1.12. The highest BCUT2D eigenvalue weighted by Crippen LogP contribution is 2.22. The molecule has 1 aliphatic heterocycles. The molecule has 0 aliphatic carbocycles. The predicted molar refractivity (Wildman–Crippen MR) is 180 cm³/mol. The number of hydrogen-bond donors (Lipinski definition) is 5. The van der Waals surface area contributed by atoms with Crippen molar-refractivity contribution in [3.8, 4) is 12.3 Å². The maximum atomic E-state index is 14.0. The van der Waals surface area contributed by atoms with Gasteiger partial charge in [-0.2, -0.15) is 12.6 Å². The van der Waals surface area contributed by atoms with Crippen molar-refractivity contribution in [3.05, 3.63) is 71.5 Å². The van der Waals surface area contributed by atoms with Crippen LogP contribution < -0.4 is 21.3 Å². The second-order valence-electron chi connectivity index (χ2n) is 11.4. The van der Waals surface area contributed by atoms with Gasteiger partial charge in [0, 0.05) is 36.6 Å². The van der Waals surface area contributed by atoms with Crippen LogP contribution in [0.5, 0.6) is 0 Å². The Labute approximate surface area is 285 Å². The van der Waals surface area contributed by atoms with Gasteiger partial charge >= 0.3 is 5.97 Å². The number of ether oxygens (including phenoxy) is 2. The Kier molecular flexibility index (Phi) is 15.9. The van der Waals surface area contributed by atoms with Crippen molar-refractivity contribution in [2.45, 2.75) is 68.8 Å². The Morgan fingerprint density at radius 2 is 1.65 bits per heavy atom. The van der Waals surface area contributed by atoms with Gasteiger partial charge in [0.25, 0.3) is 0 Å². The molecule has 1 heterocycles. The summed E-state index contributed by atoms with van der Waals surface area (Å²) in [5.41, 5.74) is 1.33. The van der Waals surface area contributed by atoms with Crippen molar-refractivity contribution in [1.82, 2.24) is 21.3 Å². The first-order valence-electron chi connectivity index (χ1n) is 15.9. The van der Waals surface area contributed by atoms with E-state index in [1.807, 2.05) is 18.2 Å². The zero-order valence-corrected chi connectivity index (χ0v) is 27.8. The predicted octanol–water partition coefficient (Wildman–Crippen LogP) is 1.88. The summed E-state index contributed by atoms with van der Waals surface area (Å²) in [6.07, 6.45) is 5.91. The van der Waals surface area contributed by atoms with Crippen LogP contribution in [0.4, 0.5) is 4.39 Å². The molecule has 11 nitrogen and oxygen atoms in total. The molecule has 0 radical (unpaired) electrons. The number of carbonyl (C=O) groups excluding carboxylic acids is 5. The molecule has 1 fully saturated rings. The molecule has 3 rings (SSSR count). The molecular formula is C35H43FN4O7S. The summed E-state index contributed by atoms with van der Waals surface area (Å²) in [5, 5.41) is 10.5. The van der Waals surface area contributed by atoms with Crippen LogP contribution in [0, 0.1) is 24.1 Å². The van der Waals surface area contributed by atoms with Crippen LogP contribution in [-0.4, -0.2) is 79.3 Å². The summed E-state index contributed by atoms with van der Waals surface area (Å²) in [6.45, 7) is 2.44. The average Bonchev–Trinajstić information content (AvgIpc) is 3.47. The van der Waals surface area contributed by atoms with E-state index >= 15 is 0 Å². The highest BCUT2D eigenvalue weighted by molar-refractivity contribution is 7.81. The zero-order valence-electron chi connectivity index (χ0n) is 26.9. The van der Waals surface area contributed by atoms with Crippen LogP contribution in [-0.2, 0) is 46.3 Å². The lowest BCUT2D eigenvalue weighted by Crippen LogP contribution is -2.57. The monoisotopic (exact) mass is 682 g/mol. The van der Waals surface area contributed by atoms with E-state index in [0.717, 1.165) is 5.56 Å². The van der Waals surface area contributed by atoms with Gasteiger partial charge in [0.1, 0.15) is 24.5 Å². The summed E-state index contributed by atoms with van der Waals surface area (Å²) < 4.78 is 23.9. The number of carbonyl (C=O) groups is 5. The third kappa shape index (κ3) is 13.0. The maximum absolute atomic E-state index is 14.0. The number of rotatable bonds is 19. The van der Waals surface area contributed by atoms with Crippen molar-refractivity contribution < 1.29 is 37.8 Å². The van der Waals surface area contributed by atoms with E-state index in [1.165, 1.54) is 24.3 Å². The largest absolute Gasteiger partial charge is 0.466 e. The van der Waals surface area contributed by atoms with Crippen molar-refractivity contribution in [2.75, 3.05) is 26.4 Å². The van der Waals surface area contributed by atoms with Gasteiger partial charge in [-0.15, -0.1) is 6.42 Å². The molecule has 1 aliphatic rings. The van der Waals surface area contributed by atoms with E-state index in [4.69, 9.17) is 15.9 Å². The maximum Gasteiger partial charge on any atom is 0.306 e. The Morgan fingerprint density at radius 1 is 1.00 bits per heavy atom. The fourth-order valence-corrected chi connectivity index (χ4v) is 5.61. The quantitative estimate of drug-likeness (QED) is 0.0657. The van der Waals surface area contributed by atoms with Gasteiger partial charge < -0.3 is 30.7 Å². The second kappa shape index (κ2) is 20.1. The van der Waals surface area contributed by atoms with Crippen LogP contribution in [0.25, 0.3) is 0 Å². The first-order chi connectivity index (χ1) is 23.1. The number of halogens is 1. The Balaban J connectivity index is 1.84. The molecule has 0 bridgehead atoms. The van der Waals surface area contributed by atoms with E-state index in [1.54, 1.807) is 19.1 Å². The van der Waals surface area contributed by atoms with E-state index in [9.17, 15) is 28.4 Å². The van der Waals surface area contributed by atoms with E-state index in [0.29, 0.717) is 18.5 Å². The summed E-state index contributed by atoms with van der Waals surface area (Å²) in [5.74, 6) is -0.867. The van der Waals surface area contributed by atoms with Crippen LogP contribution in [0.15, 0.2) is 54.6 Å². The Morgan fingerprint density at radius 3 is 2.27 bits per heavy atom. The van der Waals surface area contributed by atoms with Crippen molar-refractivity contribution in [2.24, 2.45) is 5.92 Å². The van der Waals surface area contributed by atoms with E-state index < -0.39 is 58.8 Å². The molecule has 4 amide bonds. The summed E-state index contributed by atoms with van der Waals surface area (Å²) in [7, 11) is 0. The molecular weight excluding hydrogens is 639 g/mol.